The normalized spacial score (nSPS) is 26.7. The molecule has 2 rings (SSSR count). The SMILES string of the molecule is COc1ccc(C2C(C)NCCN2C)cc1. The van der Waals surface area contributed by atoms with Crippen LogP contribution in [0.4, 0.5) is 0 Å². The molecule has 1 N–H and O–H groups in total. The van der Waals surface area contributed by atoms with Gasteiger partial charge in [-0.1, -0.05) is 12.1 Å². The lowest BCUT2D eigenvalue weighted by molar-refractivity contribution is 0.159. The number of nitrogens with zero attached hydrogens (tertiary/aromatic N) is 1. The van der Waals surface area contributed by atoms with E-state index in [-0.39, 0.29) is 0 Å². The molecule has 3 nitrogen and oxygen atoms in total. The second-order valence-corrected chi connectivity index (χ2v) is 4.44. The van der Waals surface area contributed by atoms with Crippen molar-refractivity contribution in [2.75, 3.05) is 27.2 Å². The summed E-state index contributed by atoms with van der Waals surface area (Å²) in [6.07, 6.45) is 0. The van der Waals surface area contributed by atoms with E-state index in [0.717, 1.165) is 18.8 Å². The molecule has 1 aliphatic rings. The fourth-order valence-electron chi connectivity index (χ4n) is 2.45. The van der Waals surface area contributed by atoms with Crippen LogP contribution in [0.25, 0.3) is 0 Å². The van der Waals surface area contributed by atoms with Gasteiger partial charge < -0.3 is 10.1 Å². The number of methoxy groups -OCH3 is 1. The highest BCUT2D eigenvalue weighted by atomic mass is 16.5. The van der Waals surface area contributed by atoms with Gasteiger partial charge in [0, 0.05) is 25.2 Å². The van der Waals surface area contributed by atoms with Crippen molar-refractivity contribution in [2.24, 2.45) is 0 Å². The monoisotopic (exact) mass is 220 g/mol. The van der Waals surface area contributed by atoms with E-state index >= 15 is 0 Å². The minimum absolute atomic E-state index is 0.458. The number of ether oxygens (including phenoxy) is 1. The molecule has 0 spiro atoms. The Hall–Kier alpha value is -1.06. The van der Waals surface area contributed by atoms with Gasteiger partial charge >= 0.3 is 0 Å². The van der Waals surface area contributed by atoms with E-state index < -0.39 is 0 Å². The Kier molecular flexibility index (Phi) is 3.46. The van der Waals surface area contributed by atoms with E-state index in [0.29, 0.717) is 12.1 Å². The molecule has 0 aliphatic carbocycles. The van der Waals surface area contributed by atoms with Crippen LogP contribution in [0.15, 0.2) is 24.3 Å². The second-order valence-electron chi connectivity index (χ2n) is 4.44. The van der Waals surface area contributed by atoms with Gasteiger partial charge in [-0.2, -0.15) is 0 Å². The average Bonchev–Trinajstić information content (AvgIpc) is 2.30. The van der Waals surface area contributed by atoms with Gasteiger partial charge in [0.25, 0.3) is 0 Å². The summed E-state index contributed by atoms with van der Waals surface area (Å²) in [6.45, 7) is 4.41. The van der Waals surface area contributed by atoms with Crippen molar-refractivity contribution in [2.45, 2.75) is 19.0 Å². The van der Waals surface area contributed by atoms with Gasteiger partial charge in [0.2, 0.25) is 0 Å². The molecule has 2 unspecified atom stereocenters. The minimum atomic E-state index is 0.458. The summed E-state index contributed by atoms with van der Waals surface area (Å²) in [7, 11) is 3.89. The zero-order valence-corrected chi connectivity index (χ0v) is 10.2. The predicted octanol–water partition coefficient (Wildman–Crippen LogP) is 1.66. The number of hydrogen-bond donors (Lipinski definition) is 1. The first-order chi connectivity index (χ1) is 7.72. The molecule has 1 fully saturated rings. The summed E-state index contributed by atoms with van der Waals surface area (Å²) in [6, 6.07) is 9.33. The molecule has 0 saturated carbocycles. The minimum Gasteiger partial charge on any atom is -0.497 e. The molecule has 0 radical (unpaired) electrons. The standard InChI is InChI=1S/C13H20N2O/c1-10-13(15(2)9-8-14-10)11-4-6-12(16-3)7-5-11/h4-7,10,13-14H,8-9H2,1-3H3. The van der Waals surface area contributed by atoms with Crippen LogP contribution in [-0.2, 0) is 0 Å². The smallest absolute Gasteiger partial charge is 0.118 e. The van der Waals surface area contributed by atoms with Gasteiger partial charge in [0.1, 0.15) is 5.75 Å². The molecule has 1 aromatic carbocycles. The first-order valence-corrected chi connectivity index (χ1v) is 5.80. The number of piperazine rings is 1. The van der Waals surface area contributed by atoms with Crippen LogP contribution in [0.2, 0.25) is 0 Å². The summed E-state index contributed by atoms with van der Waals surface area (Å²) >= 11 is 0. The van der Waals surface area contributed by atoms with Crippen LogP contribution in [0.1, 0.15) is 18.5 Å². The maximum Gasteiger partial charge on any atom is 0.118 e. The van der Waals surface area contributed by atoms with Gasteiger partial charge in [-0.05, 0) is 31.7 Å². The third kappa shape index (κ3) is 2.20. The maximum atomic E-state index is 5.18. The molecule has 1 saturated heterocycles. The van der Waals surface area contributed by atoms with Crippen molar-refractivity contribution in [1.82, 2.24) is 10.2 Å². The Morgan fingerprint density at radius 3 is 2.56 bits per heavy atom. The third-order valence-electron chi connectivity index (χ3n) is 3.34. The lowest BCUT2D eigenvalue weighted by Crippen LogP contribution is -2.49. The zero-order valence-electron chi connectivity index (χ0n) is 10.2. The highest BCUT2D eigenvalue weighted by Crippen LogP contribution is 2.26. The van der Waals surface area contributed by atoms with Crippen LogP contribution in [-0.4, -0.2) is 38.2 Å². The van der Waals surface area contributed by atoms with E-state index in [4.69, 9.17) is 4.74 Å². The summed E-state index contributed by atoms with van der Waals surface area (Å²) in [4.78, 5) is 2.41. The van der Waals surface area contributed by atoms with Crippen molar-refractivity contribution in [1.29, 1.82) is 0 Å². The number of nitrogens with one attached hydrogen (secondary N) is 1. The molecular weight excluding hydrogens is 200 g/mol. The zero-order chi connectivity index (χ0) is 11.5. The average molecular weight is 220 g/mol. The Balaban J connectivity index is 2.20. The fraction of sp³-hybridized carbons (Fsp3) is 0.538. The van der Waals surface area contributed by atoms with Crippen molar-refractivity contribution in [3.63, 3.8) is 0 Å². The summed E-state index contributed by atoms with van der Waals surface area (Å²) < 4.78 is 5.18. The number of likely N-dealkylation sites (N-methyl/N-ethyl adjacent to an activating group) is 1. The maximum absolute atomic E-state index is 5.18. The van der Waals surface area contributed by atoms with Crippen molar-refractivity contribution >= 4 is 0 Å². The Bertz CT molecular complexity index is 326. The summed E-state index contributed by atoms with van der Waals surface area (Å²) in [5.74, 6) is 0.919. The number of hydrogen-bond acceptors (Lipinski definition) is 3. The van der Waals surface area contributed by atoms with E-state index in [1.807, 2.05) is 12.1 Å². The Labute approximate surface area is 97.4 Å². The van der Waals surface area contributed by atoms with Crippen molar-refractivity contribution in [3.8, 4) is 5.75 Å². The van der Waals surface area contributed by atoms with Crippen molar-refractivity contribution in [3.05, 3.63) is 29.8 Å². The van der Waals surface area contributed by atoms with Crippen molar-refractivity contribution < 1.29 is 4.74 Å². The molecule has 1 aliphatic heterocycles. The molecule has 0 amide bonds. The van der Waals surface area contributed by atoms with E-state index in [1.165, 1.54) is 5.56 Å². The van der Waals surface area contributed by atoms with Gasteiger partial charge in [0.15, 0.2) is 0 Å². The molecule has 16 heavy (non-hydrogen) atoms. The van der Waals surface area contributed by atoms with E-state index in [2.05, 4.69) is 36.3 Å². The van der Waals surface area contributed by atoms with Crippen LogP contribution < -0.4 is 10.1 Å². The first-order valence-electron chi connectivity index (χ1n) is 5.80. The van der Waals surface area contributed by atoms with Crippen LogP contribution in [0.3, 0.4) is 0 Å². The van der Waals surface area contributed by atoms with Gasteiger partial charge in [0.05, 0.1) is 7.11 Å². The number of rotatable bonds is 2. The molecule has 1 aromatic rings. The highest BCUT2D eigenvalue weighted by Gasteiger charge is 2.26. The molecule has 88 valence electrons. The molecule has 1 heterocycles. The highest BCUT2D eigenvalue weighted by molar-refractivity contribution is 5.30. The summed E-state index contributed by atoms with van der Waals surface area (Å²) in [5, 5.41) is 3.52. The lowest BCUT2D eigenvalue weighted by Gasteiger charge is -2.38. The second kappa shape index (κ2) is 4.85. The van der Waals surface area contributed by atoms with Crippen LogP contribution in [0, 0.1) is 0 Å². The third-order valence-corrected chi connectivity index (χ3v) is 3.34. The van der Waals surface area contributed by atoms with Gasteiger partial charge in [-0.25, -0.2) is 0 Å². The van der Waals surface area contributed by atoms with Crippen LogP contribution in [0.5, 0.6) is 5.75 Å². The Morgan fingerprint density at radius 2 is 2.00 bits per heavy atom. The molecule has 0 aromatic heterocycles. The molecule has 3 heteroatoms. The Morgan fingerprint density at radius 1 is 1.31 bits per heavy atom. The van der Waals surface area contributed by atoms with Gasteiger partial charge in [-0.3, -0.25) is 4.90 Å². The molecule has 0 bridgehead atoms. The molecular formula is C13H20N2O. The first kappa shape index (κ1) is 11.4. The lowest BCUT2D eigenvalue weighted by atomic mass is 9.97. The predicted molar refractivity (Wildman–Crippen MR) is 65.8 cm³/mol. The van der Waals surface area contributed by atoms with Gasteiger partial charge in [-0.15, -0.1) is 0 Å². The quantitative estimate of drug-likeness (QED) is 0.820. The van der Waals surface area contributed by atoms with E-state index in [1.54, 1.807) is 7.11 Å². The molecule has 2 atom stereocenters. The van der Waals surface area contributed by atoms with E-state index in [9.17, 15) is 0 Å². The summed E-state index contributed by atoms with van der Waals surface area (Å²) in [5.41, 5.74) is 1.35. The largest absolute Gasteiger partial charge is 0.497 e. The van der Waals surface area contributed by atoms with Crippen LogP contribution >= 0.6 is 0 Å². The topological polar surface area (TPSA) is 24.5 Å². The fourth-order valence-corrected chi connectivity index (χ4v) is 2.45. The number of benzene rings is 1.